The second-order valence-corrected chi connectivity index (χ2v) is 10.5. The van der Waals surface area contributed by atoms with Crippen LogP contribution in [0.25, 0.3) is 11.0 Å². The van der Waals surface area contributed by atoms with E-state index in [9.17, 15) is 14.0 Å². The molecular weight excluding hydrogens is 553 g/mol. The van der Waals surface area contributed by atoms with Gasteiger partial charge in [-0.3, -0.25) is 14.5 Å². The van der Waals surface area contributed by atoms with Crippen LogP contribution < -0.4 is 19.8 Å². The number of carbonyl (C=O) groups is 1. The van der Waals surface area contributed by atoms with Crippen molar-refractivity contribution in [1.29, 1.82) is 0 Å². The Bertz CT molecular complexity index is 1580. The van der Waals surface area contributed by atoms with Gasteiger partial charge in [0, 0.05) is 10.2 Å². The van der Waals surface area contributed by atoms with Gasteiger partial charge in [0.1, 0.15) is 11.4 Å². The van der Waals surface area contributed by atoms with E-state index in [2.05, 4.69) is 29.8 Å². The second kappa shape index (κ2) is 10.6. The minimum Gasteiger partial charge on any atom is -0.490 e. The van der Waals surface area contributed by atoms with Gasteiger partial charge in [-0.15, -0.1) is 0 Å². The second-order valence-electron chi connectivity index (χ2n) is 9.54. The molecule has 0 N–H and O–H groups in total. The van der Waals surface area contributed by atoms with E-state index in [4.69, 9.17) is 13.9 Å². The third-order valence-electron chi connectivity index (χ3n) is 6.45. The van der Waals surface area contributed by atoms with E-state index >= 15 is 0 Å². The van der Waals surface area contributed by atoms with Gasteiger partial charge in [0.2, 0.25) is 5.76 Å². The summed E-state index contributed by atoms with van der Waals surface area (Å²) in [6, 6.07) is 15.5. The molecule has 196 valence electrons. The van der Waals surface area contributed by atoms with Gasteiger partial charge in [-0.05, 0) is 73.4 Å². The van der Waals surface area contributed by atoms with Crippen LogP contribution in [0.4, 0.5) is 10.1 Å². The first-order valence-electron chi connectivity index (χ1n) is 12.5. The number of nitrogens with zero attached hydrogens (tertiary/aromatic N) is 1. The highest BCUT2D eigenvalue weighted by Crippen LogP contribution is 2.43. The zero-order valence-corrected chi connectivity index (χ0v) is 22.9. The fraction of sp³-hybridized carbons (Fsp3) is 0.267. The number of rotatable bonds is 8. The Morgan fingerprint density at radius 3 is 2.58 bits per heavy atom. The van der Waals surface area contributed by atoms with Crippen molar-refractivity contribution in [2.24, 2.45) is 5.92 Å². The monoisotopic (exact) mass is 579 g/mol. The van der Waals surface area contributed by atoms with Gasteiger partial charge in [0.15, 0.2) is 16.9 Å². The molecule has 0 radical (unpaired) electrons. The van der Waals surface area contributed by atoms with E-state index in [1.54, 1.807) is 24.3 Å². The van der Waals surface area contributed by atoms with E-state index in [0.29, 0.717) is 41.9 Å². The van der Waals surface area contributed by atoms with Crippen LogP contribution in [-0.2, 0) is 0 Å². The van der Waals surface area contributed by atoms with Crippen LogP contribution in [0.5, 0.6) is 11.5 Å². The summed E-state index contributed by atoms with van der Waals surface area (Å²) in [7, 11) is 0. The van der Waals surface area contributed by atoms with Crippen molar-refractivity contribution in [2.75, 3.05) is 18.1 Å². The molecular formula is C30H27BrFNO5. The number of ether oxygens (including phenoxy) is 2. The normalized spacial score (nSPS) is 14.8. The largest absolute Gasteiger partial charge is 0.490 e. The average Bonchev–Trinajstić information content (AvgIpc) is 3.18. The third kappa shape index (κ3) is 4.80. The Balaban J connectivity index is 1.70. The lowest BCUT2D eigenvalue weighted by Gasteiger charge is -2.26. The summed E-state index contributed by atoms with van der Waals surface area (Å²) < 4.78 is 32.7. The molecule has 0 aliphatic carbocycles. The van der Waals surface area contributed by atoms with Crippen LogP contribution in [0.15, 0.2) is 74.3 Å². The van der Waals surface area contributed by atoms with E-state index in [1.807, 2.05) is 25.1 Å². The van der Waals surface area contributed by atoms with Gasteiger partial charge >= 0.3 is 0 Å². The SMILES string of the molecule is CCOc1cc(C2c3c(oc4ccc(F)cc4c3=O)C(=O)N2c2cccc(Br)c2)ccc1OCCC(C)C. The molecule has 1 aromatic heterocycles. The van der Waals surface area contributed by atoms with Crippen LogP contribution in [0.2, 0.25) is 0 Å². The molecule has 5 rings (SSSR count). The van der Waals surface area contributed by atoms with Gasteiger partial charge in [0.25, 0.3) is 5.91 Å². The molecule has 1 atom stereocenters. The van der Waals surface area contributed by atoms with E-state index in [0.717, 1.165) is 17.0 Å². The molecule has 0 saturated carbocycles. The predicted molar refractivity (Wildman–Crippen MR) is 148 cm³/mol. The number of halogens is 2. The maximum Gasteiger partial charge on any atom is 0.295 e. The van der Waals surface area contributed by atoms with Crippen molar-refractivity contribution in [3.05, 3.63) is 98.1 Å². The molecule has 0 fully saturated rings. The zero-order chi connectivity index (χ0) is 27.0. The van der Waals surface area contributed by atoms with Crippen LogP contribution in [-0.4, -0.2) is 19.1 Å². The average molecular weight is 580 g/mol. The summed E-state index contributed by atoms with van der Waals surface area (Å²) in [4.78, 5) is 29.1. The molecule has 6 nitrogen and oxygen atoms in total. The molecule has 1 amide bonds. The van der Waals surface area contributed by atoms with E-state index < -0.39 is 23.2 Å². The fourth-order valence-corrected chi connectivity index (χ4v) is 5.03. The number of benzene rings is 3. The number of fused-ring (bicyclic) bond motifs is 2. The molecule has 1 aliphatic rings. The smallest absolute Gasteiger partial charge is 0.295 e. The molecule has 0 bridgehead atoms. The number of anilines is 1. The van der Waals surface area contributed by atoms with Crippen LogP contribution in [0, 0.1) is 11.7 Å². The van der Waals surface area contributed by atoms with Crippen LogP contribution in [0.3, 0.4) is 0 Å². The summed E-state index contributed by atoms with van der Waals surface area (Å²) in [6.07, 6.45) is 0.888. The maximum atomic E-state index is 14.1. The van der Waals surface area contributed by atoms with Gasteiger partial charge < -0.3 is 13.9 Å². The third-order valence-corrected chi connectivity index (χ3v) is 6.95. The molecule has 3 aromatic carbocycles. The van der Waals surface area contributed by atoms with Gasteiger partial charge in [-0.2, -0.15) is 0 Å². The predicted octanol–water partition coefficient (Wildman–Crippen LogP) is 7.27. The Morgan fingerprint density at radius 1 is 1.03 bits per heavy atom. The lowest BCUT2D eigenvalue weighted by atomic mass is 9.97. The Labute approximate surface area is 228 Å². The Morgan fingerprint density at radius 2 is 1.84 bits per heavy atom. The summed E-state index contributed by atoms with van der Waals surface area (Å²) in [5, 5.41) is 0.0799. The molecule has 0 saturated heterocycles. The highest BCUT2D eigenvalue weighted by Gasteiger charge is 2.44. The molecule has 1 aliphatic heterocycles. The van der Waals surface area contributed by atoms with Gasteiger partial charge in [-0.25, -0.2) is 4.39 Å². The molecule has 4 aromatic rings. The topological polar surface area (TPSA) is 69.0 Å². The molecule has 1 unspecified atom stereocenters. The summed E-state index contributed by atoms with van der Waals surface area (Å²) in [6.45, 7) is 7.07. The van der Waals surface area contributed by atoms with Crippen LogP contribution >= 0.6 is 15.9 Å². The molecule has 8 heteroatoms. The maximum absolute atomic E-state index is 14.1. The molecule has 38 heavy (non-hydrogen) atoms. The number of hydrogen-bond acceptors (Lipinski definition) is 5. The summed E-state index contributed by atoms with van der Waals surface area (Å²) >= 11 is 3.47. The van der Waals surface area contributed by atoms with Crippen molar-refractivity contribution in [3.63, 3.8) is 0 Å². The lowest BCUT2D eigenvalue weighted by molar-refractivity contribution is 0.0971. The minimum absolute atomic E-state index is 0.0608. The first-order valence-corrected chi connectivity index (χ1v) is 13.3. The highest BCUT2D eigenvalue weighted by atomic mass is 79.9. The number of carbonyl (C=O) groups excluding carboxylic acids is 1. The van der Waals surface area contributed by atoms with Crippen molar-refractivity contribution < 1.29 is 23.1 Å². The number of hydrogen-bond donors (Lipinski definition) is 0. The first-order chi connectivity index (χ1) is 18.3. The molecule has 0 spiro atoms. The van der Waals surface area contributed by atoms with Crippen LogP contribution in [0.1, 0.15) is 54.9 Å². The van der Waals surface area contributed by atoms with Crippen molar-refractivity contribution >= 4 is 38.5 Å². The van der Waals surface area contributed by atoms with E-state index in [-0.39, 0.29) is 22.3 Å². The fourth-order valence-electron chi connectivity index (χ4n) is 4.64. The van der Waals surface area contributed by atoms with Gasteiger partial charge in [-0.1, -0.05) is 41.9 Å². The summed E-state index contributed by atoms with van der Waals surface area (Å²) in [5.74, 6) is 0.512. The Kier molecular flexibility index (Phi) is 7.25. The zero-order valence-electron chi connectivity index (χ0n) is 21.3. The standard InChI is InChI=1S/C30H27BrFNO5/c1-4-36-25-14-18(8-10-24(25)37-13-12-17(2)3)27-26-28(34)22-16-20(32)9-11-23(22)38-29(26)30(35)33(27)21-7-5-6-19(31)15-21/h5-11,14-17,27H,4,12-13H2,1-3H3. The highest BCUT2D eigenvalue weighted by molar-refractivity contribution is 9.10. The van der Waals surface area contributed by atoms with Crippen molar-refractivity contribution in [1.82, 2.24) is 0 Å². The Hall–Kier alpha value is -3.65. The lowest BCUT2D eigenvalue weighted by Crippen LogP contribution is -2.29. The first kappa shape index (κ1) is 26.0. The number of amides is 1. The van der Waals surface area contributed by atoms with E-state index in [1.165, 1.54) is 17.0 Å². The quantitative estimate of drug-likeness (QED) is 0.219. The molecule has 2 heterocycles. The van der Waals surface area contributed by atoms with Gasteiger partial charge in [0.05, 0.1) is 30.2 Å². The van der Waals surface area contributed by atoms with Crippen molar-refractivity contribution in [2.45, 2.75) is 33.2 Å². The minimum atomic E-state index is -0.820. The summed E-state index contributed by atoms with van der Waals surface area (Å²) in [5.41, 5.74) is 1.07. The van der Waals surface area contributed by atoms with Crippen molar-refractivity contribution in [3.8, 4) is 11.5 Å².